The Bertz CT molecular complexity index is 82.6. The molecule has 0 atom stereocenters. The Morgan fingerprint density at radius 3 is 2.08 bits per heavy atom. The van der Waals surface area contributed by atoms with Crippen LogP contribution in [0.3, 0.4) is 0 Å². The van der Waals surface area contributed by atoms with E-state index in [1.807, 2.05) is 0 Å². The van der Waals surface area contributed by atoms with Gasteiger partial charge in [0, 0.05) is 9.52 Å². The molecule has 0 aliphatic carbocycles. The molecule has 2 nitrogen and oxygen atoms in total. The first-order valence-electron chi connectivity index (χ1n) is 5.31. The second kappa shape index (κ2) is 9.23. The first kappa shape index (κ1) is 12.1. The largest absolute Gasteiger partial charge is 0.302 e. The van der Waals surface area contributed by atoms with Crippen molar-refractivity contribution in [2.45, 2.75) is 45.4 Å². The highest BCUT2D eigenvalue weighted by Crippen LogP contribution is 1.94. The van der Waals surface area contributed by atoms with Gasteiger partial charge in [0.15, 0.2) is 0 Å². The molecule has 0 aromatic heterocycles. The lowest BCUT2D eigenvalue weighted by molar-refractivity contribution is 0.476. The zero-order valence-corrected chi connectivity index (χ0v) is 10.2. The van der Waals surface area contributed by atoms with Crippen LogP contribution in [-0.2, 0) is 0 Å². The average Bonchev–Trinajstić information content (AvgIpc) is 2.06. The van der Waals surface area contributed by atoms with Gasteiger partial charge >= 0.3 is 0 Å². The maximum Gasteiger partial charge on any atom is 0.0541 e. The molecular weight excluding hydrogens is 164 g/mol. The van der Waals surface area contributed by atoms with Gasteiger partial charge in [0.25, 0.3) is 0 Å². The third-order valence-electron chi connectivity index (χ3n) is 2.00. The van der Waals surface area contributed by atoms with Crippen LogP contribution in [0.4, 0.5) is 0 Å². The molecule has 0 radical (unpaired) electrons. The fourth-order valence-electron chi connectivity index (χ4n) is 1.37. The lowest BCUT2D eigenvalue weighted by atomic mass is 10.5. The van der Waals surface area contributed by atoms with E-state index >= 15 is 0 Å². The van der Waals surface area contributed by atoms with Gasteiger partial charge in [0.05, 0.1) is 6.17 Å². The smallest absolute Gasteiger partial charge is 0.0541 e. The molecule has 0 aromatic carbocycles. The summed E-state index contributed by atoms with van der Waals surface area (Å²) in [5.74, 6) is 0. The molecule has 0 bridgehead atoms. The molecule has 0 spiro atoms. The van der Waals surface area contributed by atoms with Crippen molar-refractivity contribution in [3.05, 3.63) is 0 Å². The van der Waals surface area contributed by atoms with Crippen molar-refractivity contribution in [1.29, 1.82) is 0 Å². The molecule has 12 heavy (non-hydrogen) atoms. The summed E-state index contributed by atoms with van der Waals surface area (Å²) in [5.41, 5.74) is 0. The first-order chi connectivity index (χ1) is 5.85. The molecule has 0 heterocycles. The molecule has 0 unspecified atom stereocenters. The van der Waals surface area contributed by atoms with Crippen LogP contribution in [0.15, 0.2) is 0 Å². The third kappa shape index (κ3) is 6.82. The van der Waals surface area contributed by atoms with Gasteiger partial charge in [0.2, 0.25) is 0 Å². The Morgan fingerprint density at radius 1 is 1.08 bits per heavy atom. The van der Waals surface area contributed by atoms with E-state index in [0.29, 0.717) is 6.17 Å². The van der Waals surface area contributed by atoms with Crippen LogP contribution in [0.1, 0.15) is 27.2 Å². The van der Waals surface area contributed by atoms with E-state index in [-0.39, 0.29) is 9.52 Å². The van der Waals surface area contributed by atoms with Crippen molar-refractivity contribution in [2.24, 2.45) is 0 Å². The van der Waals surface area contributed by atoms with Gasteiger partial charge in [-0.25, -0.2) is 0 Å². The Balaban J connectivity index is 3.34. The van der Waals surface area contributed by atoms with Gasteiger partial charge in [0.1, 0.15) is 0 Å². The summed E-state index contributed by atoms with van der Waals surface area (Å²) in [6.45, 7) is 8.79. The van der Waals surface area contributed by atoms with Gasteiger partial charge in [-0.3, -0.25) is 0 Å². The average molecular weight is 188 g/mol. The molecule has 0 aliphatic rings. The minimum Gasteiger partial charge on any atom is -0.302 e. The van der Waals surface area contributed by atoms with Gasteiger partial charge in [-0.05, 0) is 19.1 Å². The maximum absolute atomic E-state index is 3.47. The van der Waals surface area contributed by atoms with E-state index in [1.165, 1.54) is 18.5 Å². The normalized spacial score (nSPS) is 12.0. The fourth-order valence-corrected chi connectivity index (χ4v) is 2.97. The minimum atomic E-state index is 0.198. The van der Waals surface area contributed by atoms with E-state index in [9.17, 15) is 0 Å². The van der Waals surface area contributed by atoms with Crippen molar-refractivity contribution >= 4 is 9.52 Å². The van der Waals surface area contributed by atoms with E-state index in [1.54, 1.807) is 0 Å². The van der Waals surface area contributed by atoms with Crippen molar-refractivity contribution < 1.29 is 0 Å². The van der Waals surface area contributed by atoms with Crippen molar-refractivity contribution in [3.63, 3.8) is 0 Å². The van der Waals surface area contributed by atoms with Crippen molar-refractivity contribution in [1.82, 2.24) is 10.6 Å². The van der Waals surface area contributed by atoms with Gasteiger partial charge in [-0.2, -0.15) is 0 Å². The predicted octanol–water partition coefficient (Wildman–Crippen LogP) is 0.947. The summed E-state index contributed by atoms with van der Waals surface area (Å²) in [6.07, 6.45) is 1.97. The standard InChI is InChI=1S/C9H24N2Si/c1-4-7-12-8-9(10-5-2)11-6-3/h9-11H,4-8,12H2,1-3H3. The number of nitrogens with one attached hydrogen (secondary N) is 2. The van der Waals surface area contributed by atoms with E-state index in [0.717, 1.165) is 13.1 Å². The van der Waals surface area contributed by atoms with Crippen LogP contribution >= 0.6 is 0 Å². The zero-order chi connectivity index (χ0) is 9.23. The fraction of sp³-hybridized carbons (Fsp3) is 1.00. The topological polar surface area (TPSA) is 24.1 Å². The molecule has 3 heteroatoms. The molecule has 0 saturated carbocycles. The van der Waals surface area contributed by atoms with Gasteiger partial charge in [-0.1, -0.05) is 33.2 Å². The summed E-state index contributed by atoms with van der Waals surface area (Å²) in [5, 5.41) is 6.93. The summed E-state index contributed by atoms with van der Waals surface area (Å²) in [7, 11) is 0.198. The first-order valence-corrected chi connectivity index (χ1v) is 7.31. The molecule has 0 rings (SSSR count). The lowest BCUT2D eigenvalue weighted by Gasteiger charge is -2.17. The van der Waals surface area contributed by atoms with E-state index in [2.05, 4.69) is 31.4 Å². The monoisotopic (exact) mass is 188 g/mol. The molecule has 74 valence electrons. The summed E-state index contributed by atoms with van der Waals surface area (Å²) in [4.78, 5) is 0. The molecular formula is C9H24N2Si. The molecule has 0 aromatic rings. The minimum absolute atomic E-state index is 0.198. The Morgan fingerprint density at radius 2 is 1.67 bits per heavy atom. The van der Waals surface area contributed by atoms with Crippen LogP contribution in [0.25, 0.3) is 0 Å². The highest BCUT2D eigenvalue weighted by Gasteiger charge is 2.03. The zero-order valence-electron chi connectivity index (χ0n) is 8.82. The quantitative estimate of drug-likeness (QED) is 0.337. The predicted molar refractivity (Wildman–Crippen MR) is 59.6 cm³/mol. The molecule has 0 fully saturated rings. The van der Waals surface area contributed by atoms with Crippen LogP contribution in [-0.4, -0.2) is 28.8 Å². The van der Waals surface area contributed by atoms with Crippen molar-refractivity contribution in [2.75, 3.05) is 13.1 Å². The van der Waals surface area contributed by atoms with Crippen molar-refractivity contribution in [3.8, 4) is 0 Å². The van der Waals surface area contributed by atoms with Crippen LogP contribution in [0.5, 0.6) is 0 Å². The Kier molecular flexibility index (Phi) is 9.33. The number of hydrogen-bond donors (Lipinski definition) is 2. The third-order valence-corrected chi connectivity index (χ3v) is 4.19. The van der Waals surface area contributed by atoms with Gasteiger partial charge in [-0.15, -0.1) is 0 Å². The molecule has 0 aliphatic heterocycles. The summed E-state index contributed by atoms with van der Waals surface area (Å²) >= 11 is 0. The Hall–Kier alpha value is 0.137. The second-order valence-corrected chi connectivity index (χ2v) is 5.16. The Labute approximate surface area is 79.3 Å². The molecule has 0 saturated heterocycles. The van der Waals surface area contributed by atoms with E-state index in [4.69, 9.17) is 0 Å². The lowest BCUT2D eigenvalue weighted by Crippen LogP contribution is -2.42. The van der Waals surface area contributed by atoms with Crippen LogP contribution in [0.2, 0.25) is 12.1 Å². The summed E-state index contributed by atoms with van der Waals surface area (Å²) < 4.78 is 0. The van der Waals surface area contributed by atoms with Gasteiger partial charge < -0.3 is 10.6 Å². The van der Waals surface area contributed by atoms with E-state index < -0.39 is 0 Å². The van der Waals surface area contributed by atoms with Crippen LogP contribution < -0.4 is 10.6 Å². The second-order valence-electron chi connectivity index (χ2n) is 3.16. The number of hydrogen-bond acceptors (Lipinski definition) is 2. The SMILES string of the molecule is CCC[SiH2]CC(NCC)NCC. The van der Waals surface area contributed by atoms with Crippen LogP contribution in [0, 0.1) is 0 Å². The molecule has 0 amide bonds. The number of rotatable bonds is 8. The maximum atomic E-state index is 3.47. The molecule has 2 N–H and O–H groups in total. The highest BCUT2D eigenvalue weighted by atomic mass is 28.2. The summed E-state index contributed by atoms with van der Waals surface area (Å²) in [6, 6.07) is 2.89. The highest BCUT2D eigenvalue weighted by molar-refractivity contribution is 6.35.